The Morgan fingerprint density at radius 2 is 1.90 bits per heavy atom. The number of nitrogens with one attached hydrogen (secondary N) is 2. The second-order valence-electron chi connectivity index (χ2n) is 9.03. The minimum Gasteiger partial charge on any atom is -0.475 e. The summed E-state index contributed by atoms with van der Waals surface area (Å²) in [6.45, 7) is 1.27. The molecule has 1 amide bonds. The van der Waals surface area contributed by atoms with Crippen molar-refractivity contribution in [1.82, 2.24) is 30.6 Å². The highest BCUT2D eigenvalue weighted by Crippen LogP contribution is 2.45. The number of hydrogen-bond donors (Lipinski definition) is 3. The van der Waals surface area contributed by atoms with Gasteiger partial charge in [0.25, 0.3) is 0 Å². The maximum Gasteiger partial charge on any atom is 0.573 e. The monoisotopic (exact) mass is 576 g/mol. The molecule has 1 aromatic carbocycles. The Balaban J connectivity index is 0.000000470. The van der Waals surface area contributed by atoms with Crippen LogP contribution in [0.15, 0.2) is 41.1 Å². The Kier molecular flexibility index (Phi) is 8.32. The Bertz CT molecular complexity index is 1320. The third-order valence-electron chi connectivity index (χ3n) is 5.89. The Labute approximate surface area is 221 Å². The summed E-state index contributed by atoms with van der Waals surface area (Å²) >= 11 is 0. The van der Waals surface area contributed by atoms with Gasteiger partial charge in [0.1, 0.15) is 5.75 Å². The van der Waals surface area contributed by atoms with Crippen molar-refractivity contribution < 1.29 is 50.2 Å². The molecule has 5 rings (SSSR count). The second-order valence-corrected chi connectivity index (χ2v) is 9.03. The minimum atomic E-state index is -5.08. The van der Waals surface area contributed by atoms with E-state index in [2.05, 4.69) is 30.7 Å². The lowest BCUT2D eigenvalue weighted by Crippen LogP contribution is -2.36. The van der Waals surface area contributed by atoms with Gasteiger partial charge in [-0.3, -0.25) is 9.48 Å². The highest BCUT2D eigenvalue weighted by molar-refractivity contribution is 5.90. The normalized spacial score (nSPS) is 19.1. The molecular weight excluding hydrogens is 554 g/mol. The number of carboxylic acid groups (broad SMARTS) is 1. The summed E-state index contributed by atoms with van der Waals surface area (Å²) in [6.07, 6.45) is -3.78. The lowest BCUT2D eigenvalue weighted by Gasteiger charge is -2.12. The van der Waals surface area contributed by atoms with Gasteiger partial charge in [0.2, 0.25) is 5.89 Å². The molecule has 1 saturated heterocycles. The van der Waals surface area contributed by atoms with E-state index in [0.29, 0.717) is 25.1 Å². The van der Waals surface area contributed by atoms with Gasteiger partial charge < -0.3 is 24.9 Å². The molecule has 0 bridgehead atoms. The van der Waals surface area contributed by atoms with Crippen LogP contribution >= 0.6 is 0 Å². The molecule has 2 fully saturated rings. The molecule has 1 aliphatic heterocycles. The van der Waals surface area contributed by atoms with Crippen LogP contribution in [0.3, 0.4) is 0 Å². The van der Waals surface area contributed by atoms with Crippen LogP contribution in [0.2, 0.25) is 0 Å². The number of benzene rings is 1. The average molecular weight is 576 g/mol. The van der Waals surface area contributed by atoms with Gasteiger partial charge in [0, 0.05) is 36.6 Å². The van der Waals surface area contributed by atoms with Crippen molar-refractivity contribution in [2.45, 2.75) is 56.3 Å². The molecule has 1 saturated carbocycles. The third-order valence-corrected chi connectivity index (χ3v) is 5.89. The first-order valence-corrected chi connectivity index (χ1v) is 11.8. The van der Waals surface area contributed by atoms with Gasteiger partial charge in [-0.25, -0.2) is 4.79 Å². The van der Waals surface area contributed by atoms with E-state index in [1.54, 1.807) is 12.3 Å². The van der Waals surface area contributed by atoms with E-state index in [1.165, 1.54) is 12.1 Å². The zero-order valence-corrected chi connectivity index (χ0v) is 20.4. The van der Waals surface area contributed by atoms with E-state index >= 15 is 0 Å². The van der Waals surface area contributed by atoms with Crippen molar-refractivity contribution in [3.8, 4) is 17.2 Å². The summed E-state index contributed by atoms with van der Waals surface area (Å²) in [5, 5.41) is 25.2. The van der Waals surface area contributed by atoms with Crippen LogP contribution < -0.4 is 15.4 Å². The minimum absolute atomic E-state index is 0.0178. The summed E-state index contributed by atoms with van der Waals surface area (Å²) < 4.78 is 81.1. The zero-order valence-electron chi connectivity index (χ0n) is 20.4. The fourth-order valence-electron chi connectivity index (χ4n) is 4.04. The lowest BCUT2D eigenvalue weighted by molar-refractivity contribution is -0.274. The Morgan fingerprint density at radius 1 is 1.18 bits per heavy atom. The first kappa shape index (κ1) is 28.8. The van der Waals surface area contributed by atoms with Gasteiger partial charge in [-0.1, -0.05) is 6.07 Å². The molecule has 40 heavy (non-hydrogen) atoms. The standard InChI is InChI=1S/C21H21F3N6O3.C2HF3O2/c22-21(23,24)33-15-4-5-16(12-2-3-12)17(9-15)19-28-29-20(32-19)18(31)27-13-8-14(25-10-13)11-30-7-1-6-26-30;3-2(4,5)1(6)7/h1,4-7,9,12-14,25H,2-3,8,10-11H2,(H,27,31);(H,6,7)/t13-,14+;/m1./s1. The number of nitrogens with zero attached hydrogens (tertiary/aromatic N) is 4. The molecule has 216 valence electrons. The van der Waals surface area contributed by atoms with Gasteiger partial charge in [0.05, 0.1) is 6.54 Å². The van der Waals surface area contributed by atoms with E-state index in [1.807, 2.05) is 16.9 Å². The molecular formula is C23H22F6N6O5. The van der Waals surface area contributed by atoms with Gasteiger partial charge in [-0.05, 0) is 48.9 Å². The van der Waals surface area contributed by atoms with Crippen LogP contribution in [-0.2, 0) is 11.3 Å². The van der Waals surface area contributed by atoms with Crippen molar-refractivity contribution in [3.63, 3.8) is 0 Å². The first-order chi connectivity index (χ1) is 18.8. The highest BCUT2D eigenvalue weighted by atomic mass is 19.4. The van der Waals surface area contributed by atoms with E-state index in [4.69, 9.17) is 14.3 Å². The number of rotatable bonds is 7. The van der Waals surface area contributed by atoms with E-state index in [9.17, 15) is 31.1 Å². The maximum absolute atomic E-state index is 12.6. The number of hydrogen-bond acceptors (Lipinski definition) is 8. The fraction of sp³-hybridized carbons (Fsp3) is 0.435. The van der Waals surface area contributed by atoms with Crippen molar-refractivity contribution >= 4 is 11.9 Å². The first-order valence-electron chi connectivity index (χ1n) is 11.8. The third kappa shape index (κ3) is 7.93. The molecule has 2 aromatic heterocycles. The largest absolute Gasteiger partial charge is 0.573 e. The van der Waals surface area contributed by atoms with Gasteiger partial charge in [0.15, 0.2) is 0 Å². The summed E-state index contributed by atoms with van der Waals surface area (Å²) in [5.41, 5.74) is 1.13. The number of alkyl halides is 6. The average Bonchev–Trinajstić information content (AvgIpc) is 3.23. The maximum atomic E-state index is 12.6. The van der Waals surface area contributed by atoms with Crippen LogP contribution in [0.4, 0.5) is 26.3 Å². The Morgan fingerprint density at radius 3 is 2.50 bits per heavy atom. The van der Waals surface area contributed by atoms with Crippen molar-refractivity contribution in [3.05, 3.63) is 48.1 Å². The molecule has 3 aromatic rings. The van der Waals surface area contributed by atoms with Crippen molar-refractivity contribution in [2.75, 3.05) is 6.54 Å². The molecule has 1 aliphatic carbocycles. The van der Waals surface area contributed by atoms with Gasteiger partial charge in [-0.2, -0.15) is 18.3 Å². The van der Waals surface area contributed by atoms with E-state index in [0.717, 1.165) is 18.4 Å². The Hall–Kier alpha value is -4.15. The number of amides is 1. The van der Waals surface area contributed by atoms with Crippen LogP contribution in [0.25, 0.3) is 11.5 Å². The smallest absolute Gasteiger partial charge is 0.475 e. The topological polar surface area (TPSA) is 144 Å². The zero-order chi connectivity index (χ0) is 29.1. The molecule has 2 atom stereocenters. The molecule has 0 unspecified atom stereocenters. The number of carbonyl (C=O) groups excluding carboxylic acids is 1. The second kappa shape index (κ2) is 11.5. The molecule has 11 nitrogen and oxygen atoms in total. The quantitative estimate of drug-likeness (QED) is 0.360. The van der Waals surface area contributed by atoms with Gasteiger partial charge >= 0.3 is 30.3 Å². The number of aliphatic carboxylic acids is 1. The number of carboxylic acids is 1. The fourth-order valence-corrected chi connectivity index (χ4v) is 4.04. The summed E-state index contributed by atoms with van der Waals surface area (Å²) in [6, 6.07) is 5.94. The molecule has 3 N–H and O–H groups in total. The number of carbonyl (C=O) groups is 2. The summed E-state index contributed by atoms with van der Waals surface area (Å²) in [4.78, 5) is 21.5. The van der Waals surface area contributed by atoms with Crippen LogP contribution in [0.5, 0.6) is 5.75 Å². The predicted octanol–water partition coefficient (Wildman–Crippen LogP) is 3.50. The van der Waals surface area contributed by atoms with Crippen LogP contribution in [0, 0.1) is 0 Å². The van der Waals surface area contributed by atoms with E-state index < -0.39 is 24.4 Å². The molecule has 17 heteroatoms. The van der Waals surface area contributed by atoms with Crippen molar-refractivity contribution in [1.29, 1.82) is 0 Å². The molecule has 3 heterocycles. The number of aromatic nitrogens is 4. The summed E-state index contributed by atoms with van der Waals surface area (Å²) in [7, 11) is 0. The number of ether oxygens (including phenoxy) is 1. The predicted molar refractivity (Wildman–Crippen MR) is 122 cm³/mol. The van der Waals surface area contributed by atoms with Crippen molar-refractivity contribution in [2.24, 2.45) is 0 Å². The van der Waals surface area contributed by atoms with Crippen LogP contribution in [0.1, 0.15) is 41.4 Å². The van der Waals surface area contributed by atoms with E-state index in [-0.39, 0.29) is 35.5 Å². The SMILES string of the molecule is O=C(N[C@H]1CN[C@H](Cn2cccn2)C1)c1nnc(-c2cc(OC(F)(F)F)ccc2C2CC2)o1.O=C(O)C(F)(F)F. The number of halogens is 6. The lowest BCUT2D eigenvalue weighted by atomic mass is 10.0. The molecule has 0 spiro atoms. The summed E-state index contributed by atoms with van der Waals surface area (Å²) in [5.74, 6) is -3.73. The van der Waals surface area contributed by atoms with Gasteiger partial charge in [-0.15, -0.1) is 23.4 Å². The molecule has 0 radical (unpaired) electrons. The van der Waals surface area contributed by atoms with Crippen LogP contribution in [-0.4, -0.2) is 68.1 Å². The highest BCUT2D eigenvalue weighted by Gasteiger charge is 2.38. The molecule has 2 aliphatic rings.